The summed E-state index contributed by atoms with van der Waals surface area (Å²) in [4.78, 5) is 9.30. The average molecular weight is 272 g/mol. The van der Waals surface area contributed by atoms with Crippen LogP contribution in [0.5, 0.6) is 0 Å². The molecule has 0 amide bonds. The van der Waals surface area contributed by atoms with Crippen molar-refractivity contribution in [1.29, 1.82) is 0 Å². The monoisotopic (exact) mass is 272 g/mol. The Kier molecular flexibility index (Phi) is 4.01. The van der Waals surface area contributed by atoms with Crippen molar-refractivity contribution in [3.8, 4) is 0 Å². The molecule has 0 aliphatic carbocycles. The maximum atomic E-state index is 4.80. The zero-order valence-electron chi connectivity index (χ0n) is 12.5. The Morgan fingerprint density at radius 3 is 3.10 bits per heavy atom. The van der Waals surface area contributed by atoms with Crippen LogP contribution in [0.25, 0.3) is 11.2 Å². The highest BCUT2D eigenvalue weighted by Gasteiger charge is 2.17. The Bertz CT molecular complexity index is 567. The van der Waals surface area contributed by atoms with E-state index in [0.29, 0.717) is 6.04 Å². The van der Waals surface area contributed by atoms with E-state index in [1.165, 1.54) is 38.2 Å². The third kappa shape index (κ3) is 2.70. The molecule has 108 valence electrons. The third-order valence-corrected chi connectivity index (χ3v) is 4.21. The van der Waals surface area contributed by atoms with Crippen molar-refractivity contribution in [3.05, 3.63) is 24.2 Å². The molecule has 4 nitrogen and oxygen atoms in total. The number of nitrogens with zero attached hydrogens (tertiary/aromatic N) is 3. The molecule has 4 heteroatoms. The second kappa shape index (κ2) is 5.92. The van der Waals surface area contributed by atoms with Gasteiger partial charge in [0.25, 0.3) is 0 Å². The van der Waals surface area contributed by atoms with Crippen molar-refractivity contribution in [3.63, 3.8) is 0 Å². The lowest BCUT2D eigenvalue weighted by atomic mass is 9.94. The van der Waals surface area contributed by atoms with Crippen molar-refractivity contribution in [1.82, 2.24) is 19.9 Å². The summed E-state index contributed by atoms with van der Waals surface area (Å²) in [6.07, 6.45) is 6.81. The van der Waals surface area contributed by atoms with Crippen LogP contribution in [0.2, 0.25) is 0 Å². The highest BCUT2D eigenvalue weighted by molar-refractivity contribution is 5.71. The van der Waals surface area contributed by atoms with E-state index in [1.807, 2.05) is 12.3 Å². The molecule has 1 unspecified atom stereocenters. The molecule has 1 saturated heterocycles. The summed E-state index contributed by atoms with van der Waals surface area (Å²) in [7, 11) is 0. The van der Waals surface area contributed by atoms with Gasteiger partial charge in [-0.2, -0.15) is 0 Å². The zero-order valence-corrected chi connectivity index (χ0v) is 12.5. The summed E-state index contributed by atoms with van der Waals surface area (Å²) in [6.45, 7) is 6.77. The second-order valence-corrected chi connectivity index (χ2v) is 6.09. The highest BCUT2D eigenvalue weighted by atomic mass is 15.1. The first-order valence-electron chi connectivity index (χ1n) is 7.78. The van der Waals surface area contributed by atoms with Gasteiger partial charge in [-0.05, 0) is 64.3 Å². The second-order valence-electron chi connectivity index (χ2n) is 6.09. The molecule has 2 aromatic heterocycles. The zero-order chi connectivity index (χ0) is 13.9. The number of hydrogen-bond acceptors (Lipinski definition) is 3. The van der Waals surface area contributed by atoms with Crippen LogP contribution in [0.1, 0.15) is 45.0 Å². The summed E-state index contributed by atoms with van der Waals surface area (Å²) in [5.74, 6) is 2.00. The standard InChI is InChI=1S/C16H24N4/c1-12(2)20-15(8-7-13-5-3-9-17-11-13)19-14-6-4-10-18-16(14)20/h4,6,10,12-13,17H,3,5,7-9,11H2,1-2H3. The number of pyridine rings is 1. The fourth-order valence-electron chi connectivity index (χ4n) is 3.20. The smallest absolute Gasteiger partial charge is 0.160 e. The van der Waals surface area contributed by atoms with E-state index in [2.05, 4.69) is 34.8 Å². The normalized spacial score (nSPS) is 19.9. The van der Waals surface area contributed by atoms with E-state index >= 15 is 0 Å². The molecule has 0 saturated carbocycles. The van der Waals surface area contributed by atoms with Crippen LogP contribution >= 0.6 is 0 Å². The Morgan fingerprint density at radius 2 is 2.35 bits per heavy atom. The molecule has 1 atom stereocenters. The fourth-order valence-corrected chi connectivity index (χ4v) is 3.20. The molecule has 1 aliphatic heterocycles. The Balaban J connectivity index is 1.81. The average Bonchev–Trinajstić information content (AvgIpc) is 2.84. The molecule has 1 fully saturated rings. The van der Waals surface area contributed by atoms with Crippen LogP contribution in [-0.4, -0.2) is 27.6 Å². The number of rotatable bonds is 4. The minimum absolute atomic E-state index is 0.411. The van der Waals surface area contributed by atoms with Crippen LogP contribution in [-0.2, 0) is 6.42 Å². The Morgan fingerprint density at radius 1 is 1.45 bits per heavy atom. The molecule has 0 aromatic carbocycles. The van der Waals surface area contributed by atoms with E-state index in [4.69, 9.17) is 4.98 Å². The van der Waals surface area contributed by atoms with Gasteiger partial charge in [-0.3, -0.25) is 0 Å². The molecule has 0 bridgehead atoms. The maximum absolute atomic E-state index is 4.80. The highest BCUT2D eigenvalue weighted by Crippen LogP contribution is 2.22. The summed E-state index contributed by atoms with van der Waals surface area (Å²) in [5.41, 5.74) is 2.05. The van der Waals surface area contributed by atoms with Gasteiger partial charge in [0.05, 0.1) is 0 Å². The van der Waals surface area contributed by atoms with Gasteiger partial charge in [-0.25, -0.2) is 9.97 Å². The van der Waals surface area contributed by atoms with Crippen molar-refractivity contribution in [2.45, 2.75) is 45.6 Å². The first kappa shape index (κ1) is 13.6. The topological polar surface area (TPSA) is 42.7 Å². The predicted molar refractivity (Wildman–Crippen MR) is 81.8 cm³/mol. The minimum Gasteiger partial charge on any atom is -0.316 e. The quantitative estimate of drug-likeness (QED) is 0.930. The first-order chi connectivity index (χ1) is 9.75. The van der Waals surface area contributed by atoms with Crippen LogP contribution in [0.15, 0.2) is 18.3 Å². The number of piperidine rings is 1. The molecule has 0 spiro atoms. The van der Waals surface area contributed by atoms with Gasteiger partial charge in [-0.15, -0.1) is 0 Å². The van der Waals surface area contributed by atoms with Gasteiger partial charge < -0.3 is 9.88 Å². The lowest BCUT2D eigenvalue weighted by molar-refractivity contribution is 0.353. The van der Waals surface area contributed by atoms with E-state index < -0.39 is 0 Å². The molecule has 20 heavy (non-hydrogen) atoms. The number of aromatic nitrogens is 3. The first-order valence-corrected chi connectivity index (χ1v) is 7.78. The lowest BCUT2D eigenvalue weighted by Gasteiger charge is -2.22. The van der Waals surface area contributed by atoms with Crippen LogP contribution in [0, 0.1) is 5.92 Å². The number of nitrogens with one attached hydrogen (secondary N) is 1. The van der Waals surface area contributed by atoms with E-state index in [1.54, 1.807) is 0 Å². The van der Waals surface area contributed by atoms with Gasteiger partial charge >= 0.3 is 0 Å². The van der Waals surface area contributed by atoms with E-state index in [-0.39, 0.29) is 0 Å². The largest absolute Gasteiger partial charge is 0.316 e. The molecule has 2 aromatic rings. The van der Waals surface area contributed by atoms with E-state index in [0.717, 1.165) is 23.5 Å². The van der Waals surface area contributed by atoms with E-state index in [9.17, 15) is 0 Å². The van der Waals surface area contributed by atoms with Gasteiger partial charge in [-0.1, -0.05) is 0 Å². The Labute approximate surface area is 120 Å². The summed E-state index contributed by atoms with van der Waals surface area (Å²) in [6, 6.07) is 4.44. The third-order valence-electron chi connectivity index (χ3n) is 4.21. The van der Waals surface area contributed by atoms with Gasteiger partial charge in [0.15, 0.2) is 5.65 Å². The molecule has 0 radical (unpaired) electrons. The molecular weight excluding hydrogens is 248 g/mol. The number of hydrogen-bond donors (Lipinski definition) is 1. The van der Waals surface area contributed by atoms with Crippen LogP contribution < -0.4 is 5.32 Å². The Hall–Kier alpha value is -1.42. The van der Waals surface area contributed by atoms with Crippen molar-refractivity contribution in [2.75, 3.05) is 13.1 Å². The molecule has 1 aliphatic rings. The molecular formula is C16H24N4. The molecule has 3 heterocycles. The fraction of sp³-hybridized carbons (Fsp3) is 0.625. The maximum Gasteiger partial charge on any atom is 0.160 e. The van der Waals surface area contributed by atoms with Crippen LogP contribution in [0.3, 0.4) is 0 Å². The summed E-state index contributed by atoms with van der Waals surface area (Å²) in [5, 5.41) is 3.50. The van der Waals surface area contributed by atoms with Crippen molar-refractivity contribution >= 4 is 11.2 Å². The minimum atomic E-state index is 0.411. The van der Waals surface area contributed by atoms with Gasteiger partial charge in [0, 0.05) is 18.7 Å². The summed E-state index contributed by atoms with van der Waals surface area (Å²) < 4.78 is 2.30. The molecule has 3 rings (SSSR count). The predicted octanol–water partition coefficient (Wildman–Crippen LogP) is 2.94. The SMILES string of the molecule is CC(C)n1c(CCC2CCCNC2)nc2cccnc21. The number of fused-ring (bicyclic) bond motifs is 1. The van der Waals surface area contributed by atoms with Gasteiger partial charge in [0.1, 0.15) is 11.3 Å². The number of imidazole rings is 1. The number of aryl methyl sites for hydroxylation is 1. The van der Waals surface area contributed by atoms with Crippen LogP contribution in [0.4, 0.5) is 0 Å². The summed E-state index contributed by atoms with van der Waals surface area (Å²) >= 11 is 0. The van der Waals surface area contributed by atoms with Gasteiger partial charge in [0.2, 0.25) is 0 Å². The van der Waals surface area contributed by atoms with Crippen molar-refractivity contribution < 1.29 is 0 Å². The lowest BCUT2D eigenvalue weighted by Crippen LogP contribution is -2.30. The molecule has 1 N–H and O–H groups in total. The van der Waals surface area contributed by atoms with Crippen molar-refractivity contribution in [2.24, 2.45) is 5.92 Å².